The summed E-state index contributed by atoms with van der Waals surface area (Å²) >= 11 is 0. The Morgan fingerprint density at radius 3 is 2.86 bits per heavy atom. The van der Waals surface area contributed by atoms with Crippen molar-refractivity contribution >= 4 is 22.3 Å². The summed E-state index contributed by atoms with van der Waals surface area (Å²) in [4.78, 5) is 15.0. The molecular weight excluding hydrogens is 266 g/mol. The lowest BCUT2D eigenvalue weighted by atomic mass is 10.1. The molecule has 0 bridgehead atoms. The summed E-state index contributed by atoms with van der Waals surface area (Å²) in [6.07, 6.45) is 6.86. The first-order valence-electron chi connectivity index (χ1n) is 6.81. The number of nitro benzene ring substituents is 1. The van der Waals surface area contributed by atoms with Gasteiger partial charge in [-0.15, -0.1) is 12.3 Å². The molecule has 0 radical (unpaired) electrons. The molecule has 0 saturated heterocycles. The van der Waals surface area contributed by atoms with Gasteiger partial charge in [-0.05, 0) is 25.5 Å². The largest absolute Gasteiger partial charge is 0.381 e. The number of nitrogens with zero attached hydrogens (tertiary/aromatic N) is 2. The van der Waals surface area contributed by atoms with E-state index in [0.717, 1.165) is 28.7 Å². The first-order valence-corrected chi connectivity index (χ1v) is 6.81. The Bertz CT molecular complexity index is 719. The summed E-state index contributed by atoms with van der Waals surface area (Å²) in [5.41, 5.74) is 2.48. The third-order valence-corrected chi connectivity index (χ3v) is 3.35. The average molecular weight is 283 g/mol. The molecule has 0 aliphatic heterocycles. The monoisotopic (exact) mass is 283 g/mol. The van der Waals surface area contributed by atoms with E-state index in [1.54, 1.807) is 12.1 Å². The van der Waals surface area contributed by atoms with Crippen molar-refractivity contribution in [3.8, 4) is 12.3 Å². The predicted molar refractivity (Wildman–Crippen MR) is 84.3 cm³/mol. The highest BCUT2D eigenvalue weighted by molar-refractivity contribution is 5.93. The number of nitrogens with one attached hydrogen (secondary N) is 1. The topological polar surface area (TPSA) is 68.1 Å². The molecule has 0 aliphatic rings. The highest BCUT2D eigenvalue weighted by Crippen LogP contribution is 2.28. The van der Waals surface area contributed by atoms with Gasteiger partial charge in [0.05, 0.1) is 10.4 Å². The molecule has 1 heterocycles. The molecule has 0 fully saturated rings. The van der Waals surface area contributed by atoms with Crippen LogP contribution in [0.1, 0.15) is 25.5 Å². The third kappa shape index (κ3) is 3.29. The number of aryl methyl sites for hydroxylation is 1. The Morgan fingerprint density at radius 1 is 1.48 bits per heavy atom. The van der Waals surface area contributed by atoms with E-state index in [4.69, 9.17) is 6.42 Å². The van der Waals surface area contributed by atoms with Crippen molar-refractivity contribution < 1.29 is 4.92 Å². The van der Waals surface area contributed by atoms with E-state index >= 15 is 0 Å². The van der Waals surface area contributed by atoms with Gasteiger partial charge in [0.1, 0.15) is 0 Å². The third-order valence-electron chi connectivity index (χ3n) is 3.35. The van der Waals surface area contributed by atoms with Crippen LogP contribution >= 0.6 is 0 Å². The molecule has 5 nitrogen and oxygen atoms in total. The second kappa shape index (κ2) is 6.23. The lowest BCUT2D eigenvalue weighted by Gasteiger charge is -2.17. The van der Waals surface area contributed by atoms with Crippen molar-refractivity contribution in [1.82, 2.24) is 4.98 Å². The van der Waals surface area contributed by atoms with E-state index in [9.17, 15) is 10.1 Å². The SMILES string of the molecule is C#CCC(CC)Nc1cc(C)nc2ccc([N+](=O)[O-])cc12. The number of fused-ring (bicyclic) bond motifs is 1. The summed E-state index contributed by atoms with van der Waals surface area (Å²) < 4.78 is 0. The molecule has 1 atom stereocenters. The zero-order valence-electron chi connectivity index (χ0n) is 12.1. The van der Waals surface area contributed by atoms with Crippen molar-refractivity contribution in [2.75, 3.05) is 5.32 Å². The molecule has 1 aromatic carbocycles. The zero-order valence-corrected chi connectivity index (χ0v) is 12.1. The van der Waals surface area contributed by atoms with Crippen molar-refractivity contribution in [2.45, 2.75) is 32.7 Å². The number of hydrogen-bond acceptors (Lipinski definition) is 4. The second-order valence-electron chi connectivity index (χ2n) is 4.93. The first-order chi connectivity index (χ1) is 10.0. The minimum Gasteiger partial charge on any atom is -0.381 e. The molecule has 0 aliphatic carbocycles. The Morgan fingerprint density at radius 2 is 2.24 bits per heavy atom. The maximum Gasteiger partial charge on any atom is 0.270 e. The van der Waals surface area contributed by atoms with Crippen LogP contribution in [0.3, 0.4) is 0 Å². The molecule has 0 saturated carbocycles. The fourth-order valence-electron chi connectivity index (χ4n) is 2.24. The van der Waals surface area contributed by atoms with Crippen molar-refractivity contribution in [3.63, 3.8) is 0 Å². The lowest BCUT2D eigenvalue weighted by molar-refractivity contribution is -0.384. The minimum absolute atomic E-state index is 0.0567. The molecule has 2 rings (SSSR count). The van der Waals surface area contributed by atoms with Crippen LogP contribution in [0.25, 0.3) is 10.9 Å². The normalized spacial score (nSPS) is 11.9. The summed E-state index contributed by atoms with van der Waals surface area (Å²) in [6.45, 7) is 3.95. The molecule has 21 heavy (non-hydrogen) atoms. The number of aromatic nitrogens is 1. The Hall–Kier alpha value is -2.61. The predicted octanol–water partition coefficient (Wildman–Crippen LogP) is 3.67. The van der Waals surface area contributed by atoms with Gasteiger partial charge in [0.15, 0.2) is 0 Å². The number of terminal acetylenes is 1. The van der Waals surface area contributed by atoms with Crippen LogP contribution in [-0.2, 0) is 0 Å². The average Bonchev–Trinajstić information content (AvgIpc) is 2.46. The number of pyridine rings is 1. The molecule has 1 aromatic heterocycles. The Balaban J connectivity index is 2.52. The molecule has 108 valence electrons. The maximum atomic E-state index is 10.9. The number of anilines is 1. The number of rotatable bonds is 5. The van der Waals surface area contributed by atoms with Gasteiger partial charge in [-0.1, -0.05) is 6.92 Å². The van der Waals surface area contributed by atoms with Gasteiger partial charge >= 0.3 is 0 Å². The van der Waals surface area contributed by atoms with Gasteiger partial charge in [0, 0.05) is 41.4 Å². The van der Waals surface area contributed by atoms with Gasteiger partial charge in [-0.2, -0.15) is 0 Å². The minimum atomic E-state index is -0.401. The first kappa shape index (κ1) is 14.8. The van der Waals surface area contributed by atoms with Crippen LogP contribution in [0.5, 0.6) is 0 Å². The number of benzene rings is 1. The van der Waals surface area contributed by atoms with Crippen LogP contribution in [0.15, 0.2) is 24.3 Å². The van der Waals surface area contributed by atoms with Gasteiger partial charge < -0.3 is 5.32 Å². The van der Waals surface area contributed by atoms with Crippen molar-refractivity contribution in [2.24, 2.45) is 0 Å². The number of nitro groups is 1. The summed E-state index contributed by atoms with van der Waals surface area (Å²) in [6, 6.07) is 6.72. The highest BCUT2D eigenvalue weighted by Gasteiger charge is 2.13. The van der Waals surface area contributed by atoms with Crippen LogP contribution in [0.2, 0.25) is 0 Å². The van der Waals surface area contributed by atoms with Crippen LogP contribution in [0.4, 0.5) is 11.4 Å². The van der Waals surface area contributed by atoms with E-state index in [0.29, 0.717) is 6.42 Å². The van der Waals surface area contributed by atoms with E-state index in [-0.39, 0.29) is 11.7 Å². The van der Waals surface area contributed by atoms with Gasteiger partial charge in [-0.25, -0.2) is 0 Å². The molecule has 5 heteroatoms. The van der Waals surface area contributed by atoms with E-state index in [1.807, 2.05) is 19.9 Å². The van der Waals surface area contributed by atoms with Crippen molar-refractivity contribution in [3.05, 3.63) is 40.1 Å². The highest BCUT2D eigenvalue weighted by atomic mass is 16.6. The summed E-state index contributed by atoms with van der Waals surface area (Å²) in [7, 11) is 0. The van der Waals surface area contributed by atoms with Crippen molar-refractivity contribution in [1.29, 1.82) is 0 Å². The van der Waals surface area contributed by atoms with E-state index in [2.05, 4.69) is 16.2 Å². The molecule has 1 N–H and O–H groups in total. The van der Waals surface area contributed by atoms with E-state index < -0.39 is 4.92 Å². The fourth-order valence-corrected chi connectivity index (χ4v) is 2.24. The van der Waals surface area contributed by atoms with Crippen LogP contribution in [-0.4, -0.2) is 15.9 Å². The molecule has 1 unspecified atom stereocenters. The van der Waals surface area contributed by atoms with E-state index in [1.165, 1.54) is 6.07 Å². The number of non-ortho nitro benzene ring substituents is 1. The smallest absolute Gasteiger partial charge is 0.270 e. The quantitative estimate of drug-likeness (QED) is 0.516. The second-order valence-corrected chi connectivity index (χ2v) is 4.93. The number of hydrogen-bond donors (Lipinski definition) is 1. The molecule has 2 aromatic rings. The maximum absolute atomic E-state index is 10.9. The zero-order chi connectivity index (χ0) is 15.4. The Labute approximate surface area is 123 Å². The summed E-state index contributed by atoms with van der Waals surface area (Å²) in [5, 5.41) is 15.1. The lowest BCUT2D eigenvalue weighted by Crippen LogP contribution is -2.18. The van der Waals surface area contributed by atoms with Gasteiger partial charge in [-0.3, -0.25) is 15.1 Å². The fraction of sp³-hybridized carbons (Fsp3) is 0.312. The Kier molecular flexibility index (Phi) is 4.39. The standard InChI is InChI=1S/C16H17N3O2/c1-4-6-12(5-2)18-16-9-11(3)17-15-8-7-13(19(20)21)10-14(15)16/h1,7-10,12H,5-6H2,2-3H3,(H,17,18). The molecule has 0 amide bonds. The molecular formula is C16H17N3O2. The molecule has 0 spiro atoms. The van der Waals surface area contributed by atoms with Gasteiger partial charge in [0.25, 0.3) is 5.69 Å². The van der Waals surface area contributed by atoms with Gasteiger partial charge in [0.2, 0.25) is 0 Å². The van der Waals surface area contributed by atoms with Crippen LogP contribution in [0, 0.1) is 29.4 Å². The summed E-state index contributed by atoms with van der Waals surface area (Å²) in [5.74, 6) is 2.64. The van der Waals surface area contributed by atoms with Crippen LogP contribution < -0.4 is 5.32 Å².